The van der Waals surface area contributed by atoms with Crippen molar-refractivity contribution in [2.45, 2.75) is 32.1 Å². The summed E-state index contributed by atoms with van der Waals surface area (Å²) in [7, 11) is 0. The first-order chi connectivity index (χ1) is 16.6. The van der Waals surface area contributed by atoms with Crippen molar-refractivity contribution in [3.05, 3.63) is 94.8 Å². The Labute approximate surface area is 199 Å². The van der Waals surface area contributed by atoms with Gasteiger partial charge in [0.25, 0.3) is 0 Å². The Morgan fingerprint density at radius 1 is 1.00 bits per heavy atom. The number of piperidine rings is 1. The van der Waals surface area contributed by atoms with Crippen molar-refractivity contribution in [3.8, 4) is 0 Å². The van der Waals surface area contributed by atoms with E-state index in [1.165, 1.54) is 11.3 Å². The van der Waals surface area contributed by atoms with E-state index in [1.807, 2.05) is 24.4 Å². The zero-order chi connectivity index (χ0) is 23.5. The van der Waals surface area contributed by atoms with Crippen LogP contribution in [0.2, 0.25) is 0 Å². The smallest absolute Gasteiger partial charge is 0.335 e. The summed E-state index contributed by atoms with van der Waals surface area (Å²) in [6.07, 6.45) is 9.29. The number of anilines is 1. The number of carboxylic acids is 1. The molecule has 0 atom stereocenters. The third-order valence-corrected chi connectivity index (χ3v) is 7.06. The number of aromatic carboxylic acids is 1. The van der Waals surface area contributed by atoms with Gasteiger partial charge in [0.05, 0.1) is 5.56 Å². The lowest BCUT2D eigenvalue weighted by molar-refractivity contribution is -0.111. The van der Waals surface area contributed by atoms with E-state index >= 15 is 0 Å². The third kappa shape index (κ3) is 4.38. The molecule has 0 radical (unpaired) electrons. The van der Waals surface area contributed by atoms with Gasteiger partial charge in [0.2, 0.25) is 0 Å². The number of aryl methyl sites for hydroxylation is 1. The monoisotopic (exact) mass is 452 g/mol. The predicted molar refractivity (Wildman–Crippen MR) is 134 cm³/mol. The summed E-state index contributed by atoms with van der Waals surface area (Å²) in [4.78, 5) is 29.4. The normalized spacial score (nSPS) is 16.6. The second kappa shape index (κ2) is 9.64. The number of nitrogens with zero attached hydrogens (tertiary/aromatic N) is 2. The molecule has 1 fully saturated rings. The zero-order valence-corrected chi connectivity index (χ0v) is 19.1. The number of rotatable bonds is 5. The summed E-state index contributed by atoms with van der Waals surface area (Å²) in [6.45, 7) is 1.79. The van der Waals surface area contributed by atoms with Crippen molar-refractivity contribution >= 4 is 29.1 Å². The van der Waals surface area contributed by atoms with Gasteiger partial charge in [-0.2, -0.15) is 0 Å². The maximum atomic E-state index is 11.6. The quantitative estimate of drug-likeness (QED) is 0.518. The zero-order valence-electron chi connectivity index (χ0n) is 19.1. The average Bonchev–Trinajstić information content (AvgIpc) is 3.08. The van der Waals surface area contributed by atoms with Gasteiger partial charge in [-0.05, 0) is 95.8 Å². The minimum Gasteiger partial charge on any atom is -0.478 e. The molecule has 5 heteroatoms. The summed E-state index contributed by atoms with van der Waals surface area (Å²) in [6, 6.07) is 18.2. The summed E-state index contributed by atoms with van der Waals surface area (Å²) < 4.78 is 0. The van der Waals surface area contributed by atoms with E-state index in [0.29, 0.717) is 5.56 Å². The highest BCUT2D eigenvalue weighted by Crippen LogP contribution is 2.40. The van der Waals surface area contributed by atoms with Gasteiger partial charge < -0.3 is 14.8 Å². The lowest BCUT2D eigenvalue weighted by Crippen LogP contribution is -2.34. The Morgan fingerprint density at radius 2 is 1.79 bits per heavy atom. The number of allylic oxidation sites excluding steroid dienone is 1. The number of benzene rings is 2. The molecule has 0 bridgehead atoms. The van der Waals surface area contributed by atoms with Crippen molar-refractivity contribution in [3.63, 3.8) is 0 Å². The largest absolute Gasteiger partial charge is 0.478 e. The van der Waals surface area contributed by atoms with Crippen LogP contribution in [-0.4, -0.2) is 35.4 Å². The van der Waals surface area contributed by atoms with Gasteiger partial charge >= 0.3 is 5.97 Å². The van der Waals surface area contributed by atoms with Crippen LogP contribution in [0, 0.1) is 5.92 Å². The van der Waals surface area contributed by atoms with Crippen LogP contribution in [0.5, 0.6) is 0 Å². The molecule has 0 unspecified atom stereocenters. The fourth-order valence-corrected chi connectivity index (χ4v) is 5.21. The second-order valence-electron chi connectivity index (χ2n) is 9.13. The number of aromatic nitrogens is 1. The van der Waals surface area contributed by atoms with Crippen LogP contribution in [0.3, 0.4) is 0 Å². The number of carboxylic acid groups (broad SMARTS) is 1. The molecule has 1 aliphatic heterocycles. The van der Waals surface area contributed by atoms with E-state index in [-0.39, 0.29) is 5.92 Å². The highest BCUT2D eigenvalue weighted by Gasteiger charge is 2.23. The fraction of sp³-hybridized carbons (Fsp3) is 0.276. The van der Waals surface area contributed by atoms with Crippen molar-refractivity contribution in [2.75, 3.05) is 18.0 Å². The van der Waals surface area contributed by atoms with Gasteiger partial charge in [-0.25, -0.2) is 4.79 Å². The standard InChI is InChI=1S/C29H28N2O3/c32-19-20-12-15-31(16-13-20)25-9-6-21(7-10-25)28-26(24-4-2-14-30-18-24)5-1-3-22-17-23(29(33)34)8-11-27(22)28/h2,4,6-11,14,17-20H,1,3,5,12-13,15-16H2,(H,33,34). The maximum Gasteiger partial charge on any atom is 0.335 e. The topological polar surface area (TPSA) is 70.5 Å². The van der Waals surface area contributed by atoms with Crippen molar-refractivity contribution in [1.82, 2.24) is 4.98 Å². The van der Waals surface area contributed by atoms with Crippen LogP contribution in [0.1, 0.15) is 58.3 Å². The van der Waals surface area contributed by atoms with Crippen LogP contribution in [0.4, 0.5) is 5.69 Å². The molecule has 1 aromatic heterocycles. The van der Waals surface area contributed by atoms with E-state index in [4.69, 9.17) is 0 Å². The molecule has 34 heavy (non-hydrogen) atoms. The number of fused-ring (bicyclic) bond motifs is 1. The number of hydrogen-bond donors (Lipinski definition) is 1. The van der Waals surface area contributed by atoms with Crippen molar-refractivity contribution in [2.24, 2.45) is 5.92 Å². The molecule has 1 saturated heterocycles. The molecular formula is C29H28N2O3. The van der Waals surface area contributed by atoms with Gasteiger partial charge in [-0.15, -0.1) is 0 Å². The Hall–Kier alpha value is -3.73. The highest BCUT2D eigenvalue weighted by atomic mass is 16.4. The number of hydrogen-bond acceptors (Lipinski definition) is 4. The van der Waals surface area contributed by atoms with E-state index in [9.17, 15) is 14.7 Å². The van der Waals surface area contributed by atoms with Crippen LogP contribution >= 0.6 is 0 Å². The molecule has 1 aliphatic carbocycles. The Balaban J connectivity index is 1.58. The minimum atomic E-state index is -0.896. The predicted octanol–water partition coefficient (Wildman–Crippen LogP) is 5.49. The van der Waals surface area contributed by atoms with Crippen molar-refractivity contribution < 1.29 is 14.7 Å². The van der Waals surface area contributed by atoms with Crippen LogP contribution in [0.25, 0.3) is 11.1 Å². The molecule has 2 heterocycles. The molecule has 1 N–H and O–H groups in total. The van der Waals surface area contributed by atoms with Gasteiger partial charge in [0.15, 0.2) is 0 Å². The first kappa shape index (κ1) is 22.1. The molecule has 2 aromatic carbocycles. The first-order valence-corrected chi connectivity index (χ1v) is 11.9. The summed E-state index contributed by atoms with van der Waals surface area (Å²) in [5.74, 6) is -0.714. The number of carbonyl (C=O) groups is 2. The lowest BCUT2D eigenvalue weighted by atomic mass is 9.87. The molecular weight excluding hydrogens is 424 g/mol. The Bertz CT molecular complexity index is 1220. The molecule has 0 amide bonds. The molecule has 5 nitrogen and oxygen atoms in total. The first-order valence-electron chi connectivity index (χ1n) is 11.9. The molecule has 0 saturated carbocycles. The fourth-order valence-electron chi connectivity index (χ4n) is 5.21. The molecule has 5 rings (SSSR count). The van der Waals surface area contributed by atoms with Gasteiger partial charge in [0, 0.05) is 37.1 Å². The van der Waals surface area contributed by atoms with Gasteiger partial charge in [0.1, 0.15) is 6.29 Å². The summed E-state index contributed by atoms with van der Waals surface area (Å²) >= 11 is 0. The summed E-state index contributed by atoms with van der Waals surface area (Å²) in [5, 5.41) is 9.51. The second-order valence-corrected chi connectivity index (χ2v) is 9.13. The molecule has 2 aliphatic rings. The molecule has 3 aromatic rings. The molecule has 0 spiro atoms. The minimum absolute atomic E-state index is 0.181. The van der Waals surface area contributed by atoms with Gasteiger partial charge in [-0.3, -0.25) is 4.98 Å². The number of aldehydes is 1. The molecule has 172 valence electrons. The van der Waals surface area contributed by atoms with Crippen LogP contribution in [-0.2, 0) is 11.2 Å². The van der Waals surface area contributed by atoms with E-state index in [2.05, 4.69) is 40.2 Å². The third-order valence-electron chi connectivity index (χ3n) is 7.06. The van der Waals surface area contributed by atoms with E-state index < -0.39 is 5.97 Å². The van der Waals surface area contributed by atoms with Crippen molar-refractivity contribution in [1.29, 1.82) is 0 Å². The SMILES string of the molecule is O=CC1CCN(c2ccc(C3=C(c4cccnc4)CCCc4cc(C(=O)O)ccc43)cc2)CC1. The van der Waals surface area contributed by atoms with Crippen LogP contribution in [0.15, 0.2) is 67.0 Å². The number of pyridine rings is 1. The average molecular weight is 453 g/mol. The summed E-state index contributed by atoms with van der Waals surface area (Å²) in [5.41, 5.74) is 8.31. The number of carbonyl (C=O) groups excluding carboxylic acids is 1. The van der Waals surface area contributed by atoms with Gasteiger partial charge in [-0.1, -0.05) is 24.3 Å². The lowest BCUT2D eigenvalue weighted by Gasteiger charge is -2.31. The highest BCUT2D eigenvalue weighted by molar-refractivity contribution is 6.00. The van der Waals surface area contributed by atoms with E-state index in [1.54, 1.807) is 12.3 Å². The van der Waals surface area contributed by atoms with Crippen LogP contribution < -0.4 is 4.90 Å². The Kier molecular flexibility index (Phi) is 6.26. The Morgan fingerprint density at radius 3 is 2.47 bits per heavy atom. The maximum absolute atomic E-state index is 11.6. The van der Waals surface area contributed by atoms with E-state index in [0.717, 1.165) is 79.3 Å².